The van der Waals surface area contributed by atoms with Gasteiger partial charge in [0, 0.05) is 17.3 Å². The molecule has 0 saturated heterocycles. The molecule has 4 rings (SSSR count). The van der Waals surface area contributed by atoms with Crippen LogP contribution in [-0.4, -0.2) is 30.2 Å². The number of amidine groups is 1. The van der Waals surface area contributed by atoms with Crippen molar-refractivity contribution in [3.8, 4) is 17.6 Å². The summed E-state index contributed by atoms with van der Waals surface area (Å²) in [7, 11) is 3.12. The largest absolute Gasteiger partial charge is 0.497 e. The number of amides is 1. The van der Waals surface area contributed by atoms with Crippen molar-refractivity contribution in [1.29, 1.82) is 5.26 Å². The van der Waals surface area contributed by atoms with E-state index in [1.165, 1.54) is 11.8 Å². The number of carbonyl (C=O) groups excluding carboxylic acids is 1. The number of fused-ring (bicyclic) bond motifs is 1. The van der Waals surface area contributed by atoms with E-state index in [-0.39, 0.29) is 11.7 Å². The molecule has 2 aromatic carbocycles. The molecule has 8 nitrogen and oxygen atoms in total. The number of benzene rings is 2. The highest BCUT2D eigenvalue weighted by Crippen LogP contribution is 2.47. The van der Waals surface area contributed by atoms with Crippen LogP contribution in [0, 0.1) is 11.3 Å². The van der Waals surface area contributed by atoms with E-state index in [9.17, 15) is 10.1 Å². The number of thioether (sulfide) groups is 1. The molecule has 0 spiro atoms. The minimum Gasteiger partial charge on any atom is -0.497 e. The van der Waals surface area contributed by atoms with E-state index < -0.39 is 6.04 Å². The van der Waals surface area contributed by atoms with Gasteiger partial charge in [-0.2, -0.15) is 5.26 Å². The molecular weight excluding hydrogens is 426 g/mol. The van der Waals surface area contributed by atoms with E-state index in [1.807, 2.05) is 36.4 Å². The van der Waals surface area contributed by atoms with Crippen LogP contribution >= 0.6 is 11.8 Å². The van der Waals surface area contributed by atoms with Crippen LogP contribution in [0.1, 0.15) is 18.5 Å². The molecule has 162 valence electrons. The van der Waals surface area contributed by atoms with Crippen LogP contribution in [-0.2, 0) is 4.79 Å². The Morgan fingerprint density at radius 1 is 1.22 bits per heavy atom. The van der Waals surface area contributed by atoms with E-state index in [0.717, 1.165) is 0 Å². The Balaban J connectivity index is 1.87. The number of para-hydroxylation sites is 1. The SMILES string of the molecule is COc1ccc([C@H]2C(C(=O)Nc3ccccc3)=C(C)N=C3SC(C#N)=C(N)N32)c(OC)c1. The van der Waals surface area contributed by atoms with Gasteiger partial charge in [-0.1, -0.05) is 18.2 Å². The highest BCUT2D eigenvalue weighted by atomic mass is 32.2. The first-order valence-corrected chi connectivity index (χ1v) is 10.5. The number of nitrogens with one attached hydrogen (secondary N) is 1. The van der Waals surface area contributed by atoms with Crippen molar-refractivity contribution in [3.63, 3.8) is 0 Å². The molecule has 2 aromatic rings. The zero-order valence-electron chi connectivity index (χ0n) is 17.7. The molecule has 0 radical (unpaired) electrons. The molecule has 0 bridgehead atoms. The number of hydrogen-bond acceptors (Lipinski definition) is 8. The molecular formula is C23H21N5O3S. The summed E-state index contributed by atoms with van der Waals surface area (Å²) < 4.78 is 11.0. The maximum atomic E-state index is 13.5. The summed E-state index contributed by atoms with van der Waals surface area (Å²) in [5.74, 6) is 1.07. The van der Waals surface area contributed by atoms with E-state index in [0.29, 0.717) is 44.1 Å². The number of nitriles is 1. The summed E-state index contributed by atoms with van der Waals surface area (Å²) >= 11 is 1.18. The molecule has 0 saturated carbocycles. The molecule has 9 heteroatoms. The maximum Gasteiger partial charge on any atom is 0.255 e. The molecule has 3 N–H and O–H groups in total. The third kappa shape index (κ3) is 3.65. The predicted octanol–water partition coefficient (Wildman–Crippen LogP) is 3.73. The number of carbonyl (C=O) groups is 1. The molecule has 0 unspecified atom stereocenters. The first-order chi connectivity index (χ1) is 15.5. The van der Waals surface area contributed by atoms with Gasteiger partial charge in [-0.3, -0.25) is 9.69 Å². The number of methoxy groups -OCH3 is 2. The molecule has 2 heterocycles. The Morgan fingerprint density at radius 2 is 1.97 bits per heavy atom. The van der Waals surface area contributed by atoms with E-state index >= 15 is 0 Å². The molecule has 1 amide bonds. The molecule has 32 heavy (non-hydrogen) atoms. The highest BCUT2D eigenvalue weighted by molar-refractivity contribution is 8.17. The molecule has 0 aromatic heterocycles. The second kappa shape index (κ2) is 8.69. The Kier molecular flexibility index (Phi) is 5.79. The maximum absolute atomic E-state index is 13.5. The summed E-state index contributed by atoms with van der Waals surface area (Å²) in [5, 5.41) is 13.0. The smallest absolute Gasteiger partial charge is 0.255 e. The van der Waals surface area contributed by atoms with E-state index in [4.69, 9.17) is 15.2 Å². The fourth-order valence-corrected chi connectivity index (χ4v) is 4.61. The third-order valence-electron chi connectivity index (χ3n) is 5.19. The van der Waals surface area contributed by atoms with Gasteiger partial charge in [0.05, 0.1) is 31.5 Å². The number of hydrogen-bond donors (Lipinski definition) is 2. The van der Waals surface area contributed by atoms with Crippen LogP contribution in [0.5, 0.6) is 11.5 Å². The molecule has 0 aliphatic carbocycles. The summed E-state index contributed by atoms with van der Waals surface area (Å²) in [6.07, 6.45) is 0. The second-order valence-electron chi connectivity index (χ2n) is 7.02. The minimum atomic E-state index is -0.648. The lowest BCUT2D eigenvalue weighted by atomic mass is 9.92. The van der Waals surface area contributed by atoms with Crippen LogP contribution in [0.3, 0.4) is 0 Å². The lowest BCUT2D eigenvalue weighted by Crippen LogP contribution is -2.39. The predicted molar refractivity (Wildman–Crippen MR) is 124 cm³/mol. The fourth-order valence-electron chi connectivity index (χ4n) is 3.69. The van der Waals surface area contributed by atoms with Crippen molar-refractivity contribution in [3.05, 3.63) is 76.1 Å². The van der Waals surface area contributed by atoms with Crippen LogP contribution in [0.15, 0.2) is 75.5 Å². The number of nitrogens with two attached hydrogens (primary N) is 1. The van der Waals surface area contributed by atoms with Crippen molar-refractivity contribution >= 4 is 28.5 Å². The van der Waals surface area contributed by atoms with Crippen molar-refractivity contribution in [2.75, 3.05) is 19.5 Å². The third-order valence-corrected chi connectivity index (χ3v) is 6.16. The zero-order chi connectivity index (χ0) is 22.8. The number of anilines is 1. The van der Waals surface area contributed by atoms with Crippen molar-refractivity contribution in [2.24, 2.45) is 10.7 Å². The topological polar surface area (TPSA) is 113 Å². The minimum absolute atomic E-state index is 0.247. The van der Waals surface area contributed by atoms with E-state index in [2.05, 4.69) is 16.4 Å². The van der Waals surface area contributed by atoms with Gasteiger partial charge in [0.15, 0.2) is 5.17 Å². The quantitative estimate of drug-likeness (QED) is 0.718. The first-order valence-electron chi connectivity index (χ1n) is 9.73. The number of ether oxygens (including phenoxy) is 2. The summed E-state index contributed by atoms with van der Waals surface area (Å²) in [4.78, 5) is 20.1. The fraction of sp³-hybridized carbons (Fsp3) is 0.174. The van der Waals surface area contributed by atoms with Gasteiger partial charge in [-0.15, -0.1) is 0 Å². The van der Waals surface area contributed by atoms with Gasteiger partial charge >= 0.3 is 0 Å². The molecule has 2 aliphatic heterocycles. The van der Waals surface area contributed by atoms with Gasteiger partial charge in [0.25, 0.3) is 5.91 Å². The number of aliphatic imine (C=N–C) groups is 1. The monoisotopic (exact) mass is 447 g/mol. The van der Waals surface area contributed by atoms with Gasteiger partial charge in [0.1, 0.15) is 28.3 Å². The van der Waals surface area contributed by atoms with Crippen molar-refractivity contribution < 1.29 is 14.3 Å². The van der Waals surface area contributed by atoms with Gasteiger partial charge in [-0.25, -0.2) is 4.99 Å². The Morgan fingerprint density at radius 3 is 2.62 bits per heavy atom. The van der Waals surface area contributed by atoms with Crippen molar-refractivity contribution in [2.45, 2.75) is 13.0 Å². The van der Waals surface area contributed by atoms with Crippen LogP contribution in [0.25, 0.3) is 0 Å². The number of allylic oxidation sites excluding steroid dienone is 2. The second-order valence-corrected chi connectivity index (χ2v) is 8.00. The van der Waals surface area contributed by atoms with Gasteiger partial charge < -0.3 is 20.5 Å². The van der Waals surface area contributed by atoms with Crippen LogP contribution in [0.4, 0.5) is 5.69 Å². The number of nitrogens with zero attached hydrogens (tertiary/aromatic N) is 3. The molecule has 2 aliphatic rings. The first kappa shape index (κ1) is 21.3. The average molecular weight is 448 g/mol. The van der Waals surface area contributed by atoms with Crippen LogP contribution in [0.2, 0.25) is 0 Å². The standard InChI is InChI=1S/C23H21N5O3S/c1-13-19(22(29)27-14-7-5-4-6-8-14)20(16-10-9-15(30-2)11-17(16)31-3)28-21(25)18(12-24)32-23(28)26-13/h4-11,20H,25H2,1-3H3,(H,27,29)/t20-/m0/s1. The van der Waals surface area contributed by atoms with Gasteiger partial charge in [-0.05, 0) is 43.0 Å². The summed E-state index contributed by atoms with van der Waals surface area (Å²) in [6.45, 7) is 1.77. The Labute approximate surface area is 190 Å². The summed E-state index contributed by atoms with van der Waals surface area (Å²) in [6, 6.07) is 16.0. The highest BCUT2D eigenvalue weighted by Gasteiger charge is 2.43. The Bertz CT molecular complexity index is 1210. The van der Waals surface area contributed by atoms with Gasteiger partial charge in [0.2, 0.25) is 0 Å². The normalized spacial score (nSPS) is 17.5. The van der Waals surface area contributed by atoms with Crippen LogP contribution < -0.4 is 20.5 Å². The molecule has 0 fully saturated rings. The van der Waals surface area contributed by atoms with Crippen molar-refractivity contribution in [1.82, 2.24) is 4.90 Å². The average Bonchev–Trinajstić information content (AvgIpc) is 3.13. The lowest BCUT2D eigenvalue weighted by Gasteiger charge is -2.35. The zero-order valence-corrected chi connectivity index (χ0v) is 18.6. The van der Waals surface area contributed by atoms with E-state index in [1.54, 1.807) is 38.2 Å². The lowest BCUT2D eigenvalue weighted by molar-refractivity contribution is -0.113. The molecule has 1 atom stereocenters. The summed E-state index contributed by atoms with van der Waals surface area (Å²) in [5.41, 5.74) is 8.63. The Hall–Kier alpha value is -3.90. The number of rotatable bonds is 5.